The zero-order valence-electron chi connectivity index (χ0n) is 11.3. The standard InChI is InChI=1S/C12H20ClN3O2S/c1-10-6-11(10)8-15(2)19(17,18)12-7-14-16(9-12)5-3-4-13/h7,9-11H,3-6,8H2,1-2H3. The summed E-state index contributed by atoms with van der Waals surface area (Å²) in [6.07, 6.45) is 4.89. The van der Waals surface area contributed by atoms with Gasteiger partial charge in [0.15, 0.2) is 0 Å². The molecule has 0 aliphatic heterocycles. The third-order valence-corrected chi connectivity index (χ3v) is 5.65. The molecule has 0 N–H and O–H groups in total. The lowest BCUT2D eigenvalue weighted by atomic mass is 10.3. The van der Waals surface area contributed by atoms with Gasteiger partial charge in [0.1, 0.15) is 4.90 Å². The predicted octanol–water partition coefficient (Wildman–Crippen LogP) is 1.79. The molecule has 0 bridgehead atoms. The van der Waals surface area contributed by atoms with Crippen molar-refractivity contribution in [2.24, 2.45) is 11.8 Å². The number of hydrogen-bond acceptors (Lipinski definition) is 3. The molecule has 2 unspecified atom stereocenters. The van der Waals surface area contributed by atoms with Crippen LogP contribution in [0, 0.1) is 11.8 Å². The monoisotopic (exact) mass is 305 g/mol. The first kappa shape index (κ1) is 14.8. The zero-order chi connectivity index (χ0) is 14.0. The van der Waals surface area contributed by atoms with Crippen molar-refractivity contribution in [3.8, 4) is 0 Å². The molecule has 0 saturated heterocycles. The van der Waals surface area contributed by atoms with Crippen molar-refractivity contribution in [1.82, 2.24) is 14.1 Å². The van der Waals surface area contributed by atoms with Gasteiger partial charge in [0.2, 0.25) is 10.0 Å². The third kappa shape index (κ3) is 3.49. The molecule has 0 spiro atoms. The van der Waals surface area contributed by atoms with E-state index >= 15 is 0 Å². The molecule has 2 atom stereocenters. The van der Waals surface area contributed by atoms with E-state index in [9.17, 15) is 8.42 Å². The van der Waals surface area contributed by atoms with E-state index in [-0.39, 0.29) is 4.90 Å². The van der Waals surface area contributed by atoms with Crippen LogP contribution < -0.4 is 0 Å². The molecular formula is C12H20ClN3O2S. The van der Waals surface area contributed by atoms with E-state index in [1.54, 1.807) is 17.9 Å². The maximum Gasteiger partial charge on any atom is 0.245 e. The van der Waals surface area contributed by atoms with Crippen molar-refractivity contribution in [3.05, 3.63) is 12.4 Å². The Bertz CT molecular complexity index is 529. The highest BCUT2D eigenvalue weighted by atomic mass is 35.5. The van der Waals surface area contributed by atoms with Crippen molar-refractivity contribution in [2.45, 2.75) is 31.2 Å². The summed E-state index contributed by atoms with van der Waals surface area (Å²) in [6, 6.07) is 0. The van der Waals surface area contributed by atoms with Crippen LogP contribution in [0.3, 0.4) is 0 Å². The number of halogens is 1. The van der Waals surface area contributed by atoms with Crippen LogP contribution in [0.5, 0.6) is 0 Å². The fourth-order valence-electron chi connectivity index (χ4n) is 2.08. The highest BCUT2D eigenvalue weighted by Crippen LogP contribution is 2.38. The second-order valence-electron chi connectivity index (χ2n) is 5.24. The maximum atomic E-state index is 12.3. The summed E-state index contributed by atoms with van der Waals surface area (Å²) in [7, 11) is -1.77. The summed E-state index contributed by atoms with van der Waals surface area (Å²) >= 11 is 5.61. The van der Waals surface area contributed by atoms with Crippen LogP contribution in [0.15, 0.2) is 17.3 Å². The topological polar surface area (TPSA) is 55.2 Å². The van der Waals surface area contributed by atoms with E-state index in [1.165, 1.54) is 10.5 Å². The molecule has 1 fully saturated rings. The van der Waals surface area contributed by atoms with Crippen molar-refractivity contribution in [1.29, 1.82) is 0 Å². The van der Waals surface area contributed by atoms with Gasteiger partial charge in [0.05, 0.1) is 6.20 Å². The Hall–Kier alpha value is -0.590. The minimum atomic E-state index is -3.40. The summed E-state index contributed by atoms with van der Waals surface area (Å²) in [6.45, 7) is 3.38. The first-order valence-corrected chi connectivity index (χ1v) is 8.47. The van der Waals surface area contributed by atoms with E-state index < -0.39 is 10.0 Å². The van der Waals surface area contributed by atoms with Crippen LogP contribution in [0.1, 0.15) is 19.8 Å². The summed E-state index contributed by atoms with van der Waals surface area (Å²) in [5.41, 5.74) is 0. The number of aryl methyl sites for hydroxylation is 1. The molecule has 1 aliphatic carbocycles. The number of rotatable bonds is 7. The average molecular weight is 306 g/mol. The Morgan fingerprint density at radius 3 is 2.84 bits per heavy atom. The summed E-state index contributed by atoms with van der Waals surface area (Å²) < 4.78 is 27.7. The average Bonchev–Trinajstić information content (AvgIpc) is 2.88. The van der Waals surface area contributed by atoms with Gasteiger partial charge in [-0.2, -0.15) is 5.10 Å². The van der Waals surface area contributed by atoms with Gasteiger partial charge in [-0.1, -0.05) is 6.92 Å². The van der Waals surface area contributed by atoms with Gasteiger partial charge in [-0.15, -0.1) is 11.6 Å². The molecule has 0 aromatic carbocycles. The van der Waals surface area contributed by atoms with Crippen molar-refractivity contribution in [2.75, 3.05) is 19.5 Å². The molecule has 19 heavy (non-hydrogen) atoms. The predicted molar refractivity (Wildman–Crippen MR) is 74.7 cm³/mol. The zero-order valence-corrected chi connectivity index (χ0v) is 12.9. The second kappa shape index (κ2) is 5.81. The van der Waals surface area contributed by atoms with Gasteiger partial charge < -0.3 is 0 Å². The molecule has 5 nitrogen and oxygen atoms in total. The minimum Gasteiger partial charge on any atom is -0.271 e. The highest BCUT2D eigenvalue weighted by molar-refractivity contribution is 7.89. The van der Waals surface area contributed by atoms with E-state index in [1.807, 2.05) is 0 Å². The molecule has 0 amide bonds. The molecule has 1 aliphatic rings. The van der Waals surface area contributed by atoms with Gasteiger partial charge in [0, 0.05) is 32.2 Å². The smallest absolute Gasteiger partial charge is 0.245 e. The molecule has 0 radical (unpaired) electrons. The van der Waals surface area contributed by atoms with Crippen LogP contribution in [0.4, 0.5) is 0 Å². The number of sulfonamides is 1. The molecule has 7 heteroatoms. The Balaban J connectivity index is 2.03. The quantitative estimate of drug-likeness (QED) is 0.722. The van der Waals surface area contributed by atoms with Gasteiger partial charge in [-0.25, -0.2) is 12.7 Å². The maximum absolute atomic E-state index is 12.3. The van der Waals surface area contributed by atoms with E-state index in [2.05, 4.69) is 12.0 Å². The first-order chi connectivity index (χ1) is 8.95. The number of nitrogens with zero attached hydrogens (tertiary/aromatic N) is 3. The van der Waals surface area contributed by atoms with Gasteiger partial charge in [0.25, 0.3) is 0 Å². The minimum absolute atomic E-state index is 0.262. The second-order valence-corrected chi connectivity index (χ2v) is 7.66. The number of alkyl halides is 1. The van der Waals surface area contributed by atoms with Crippen LogP contribution in [0.2, 0.25) is 0 Å². The van der Waals surface area contributed by atoms with Crippen LogP contribution >= 0.6 is 11.6 Å². The molecule has 108 valence electrons. The lowest BCUT2D eigenvalue weighted by Gasteiger charge is -2.15. The van der Waals surface area contributed by atoms with E-state index in [4.69, 9.17) is 11.6 Å². The van der Waals surface area contributed by atoms with Gasteiger partial charge in [-0.05, 0) is 24.7 Å². The van der Waals surface area contributed by atoms with Crippen LogP contribution in [-0.2, 0) is 16.6 Å². The fraction of sp³-hybridized carbons (Fsp3) is 0.750. The molecule has 1 aromatic rings. The van der Waals surface area contributed by atoms with Gasteiger partial charge in [-0.3, -0.25) is 4.68 Å². The lowest BCUT2D eigenvalue weighted by molar-refractivity contribution is 0.444. The Labute approximate surface area is 119 Å². The Morgan fingerprint density at radius 2 is 2.26 bits per heavy atom. The normalized spacial score (nSPS) is 22.9. The SMILES string of the molecule is CC1CC1CN(C)S(=O)(=O)c1cnn(CCCCl)c1. The van der Waals surface area contributed by atoms with Crippen molar-refractivity contribution >= 4 is 21.6 Å². The first-order valence-electron chi connectivity index (χ1n) is 6.50. The fourth-order valence-corrected chi connectivity index (χ4v) is 3.39. The summed E-state index contributed by atoms with van der Waals surface area (Å²) in [5, 5.41) is 4.06. The van der Waals surface area contributed by atoms with Crippen molar-refractivity contribution < 1.29 is 8.42 Å². The number of aromatic nitrogens is 2. The van der Waals surface area contributed by atoms with E-state index in [0.29, 0.717) is 30.8 Å². The van der Waals surface area contributed by atoms with Crippen molar-refractivity contribution in [3.63, 3.8) is 0 Å². The lowest BCUT2D eigenvalue weighted by Crippen LogP contribution is -2.29. The Morgan fingerprint density at radius 1 is 1.58 bits per heavy atom. The van der Waals surface area contributed by atoms with Crippen LogP contribution in [0.25, 0.3) is 0 Å². The third-order valence-electron chi connectivity index (χ3n) is 3.61. The molecule has 1 heterocycles. The summed E-state index contributed by atoms with van der Waals surface area (Å²) in [5.74, 6) is 1.69. The molecule has 1 saturated carbocycles. The largest absolute Gasteiger partial charge is 0.271 e. The van der Waals surface area contributed by atoms with E-state index in [0.717, 1.165) is 12.8 Å². The molecular weight excluding hydrogens is 286 g/mol. The van der Waals surface area contributed by atoms with Crippen LogP contribution in [-0.4, -0.2) is 42.0 Å². The number of hydrogen-bond donors (Lipinski definition) is 0. The Kier molecular flexibility index (Phi) is 4.53. The molecule has 1 aromatic heterocycles. The highest BCUT2D eigenvalue weighted by Gasteiger charge is 2.36. The van der Waals surface area contributed by atoms with Gasteiger partial charge >= 0.3 is 0 Å². The molecule has 2 rings (SSSR count). The summed E-state index contributed by atoms with van der Waals surface area (Å²) in [4.78, 5) is 0.262.